The number of imide groups is 1. The molecule has 8 amide bonds. The number of methoxy groups -OCH3 is 2. The zero-order valence-electron chi connectivity index (χ0n) is 50.2. The summed E-state index contributed by atoms with van der Waals surface area (Å²) in [4.78, 5) is 126. The molecule has 2 aliphatic heterocycles. The second-order valence-electron chi connectivity index (χ2n) is 22.9. The standard InChI is InChI=1S/C61H93N7O13/c1-14-39(6)55(49(79-12)34-53(73)67-31-21-24-47(67)57(80-13)41(8)58(75)63-42(9)56(74)44-22-17-15-18-23-44)65(10)60(77)46(37(2)3)33-48(69)54(38(4)5)66(11)61(78)81-36-43-26-28-45(29-27-43)64-51(71)35-62-50(70)25-19-16-20-30-68-52(72)32-40(7)59(68)76/h15,17-18,22-23,26-29,37-42,46-47,49,54-57,74H,14,16,19-21,24-25,30-36H2,1-13H3,(H,62,70)(H,63,75)(H,64,71)/t39-,40?,41+,42+,46-,47-,49+,54-,55-,56+,57+/m0/s1. The van der Waals surface area contributed by atoms with E-state index in [4.69, 9.17) is 14.2 Å². The van der Waals surface area contributed by atoms with Gasteiger partial charge in [0, 0.05) is 78.2 Å². The third kappa shape index (κ3) is 18.9. The van der Waals surface area contributed by atoms with E-state index in [1.807, 2.05) is 59.7 Å². The van der Waals surface area contributed by atoms with E-state index >= 15 is 0 Å². The largest absolute Gasteiger partial charge is 0.445 e. The molecule has 2 heterocycles. The predicted molar refractivity (Wildman–Crippen MR) is 307 cm³/mol. The fourth-order valence-corrected chi connectivity index (χ4v) is 11.3. The number of ketones is 1. The smallest absolute Gasteiger partial charge is 0.410 e. The van der Waals surface area contributed by atoms with Gasteiger partial charge in [-0.15, -0.1) is 0 Å². The van der Waals surface area contributed by atoms with E-state index in [9.17, 15) is 48.3 Å². The van der Waals surface area contributed by atoms with Crippen LogP contribution in [0.2, 0.25) is 0 Å². The summed E-state index contributed by atoms with van der Waals surface area (Å²) >= 11 is 0. The van der Waals surface area contributed by atoms with Gasteiger partial charge in [0.05, 0.1) is 61.4 Å². The summed E-state index contributed by atoms with van der Waals surface area (Å²) in [6, 6.07) is 13.3. The van der Waals surface area contributed by atoms with Crippen molar-refractivity contribution in [2.24, 2.45) is 35.5 Å². The summed E-state index contributed by atoms with van der Waals surface area (Å²) < 4.78 is 17.7. The quantitative estimate of drug-likeness (QED) is 0.0442. The van der Waals surface area contributed by atoms with E-state index in [2.05, 4.69) is 16.0 Å². The summed E-state index contributed by atoms with van der Waals surface area (Å²) in [5, 5.41) is 19.2. The Hall–Kier alpha value is -6.25. The molecule has 81 heavy (non-hydrogen) atoms. The highest BCUT2D eigenvalue weighted by Crippen LogP contribution is 2.32. The van der Waals surface area contributed by atoms with Crippen LogP contribution in [0.1, 0.15) is 144 Å². The molecule has 11 atom stereocenters. The third-order valence-electron chi connectivity index (χ3n) is 16.3. The van der Waals surface area contributed by atoms with Crippen molar-refractivity contribution in [2.75, 3.05) is 53.3 Å². The van der Waals surface area contributed by atoms with Crippen LogP contribution < -0.4 is 16.0 Å². The molecule has 0 radical (unpaired) electrons. The van der Waals surface area contributed by atoms with Gasteiger partial charge in [0.25, 0.3) is 0 Å². The highest BCUT2D eigenvalue weighted by atomic mass is 16.6. The maximum Gasteiger partial charge on any atom is 0.410 e. The number of carbonyl (C=O) groups excluding carboxylic acids is 9. The van der Waals surface area contributed by atoms with Crippen molar-refractivity contribution >= 4 is 58.9 Å². The van der Waals surface area contributed by atoms with Crippen LogP contribution in [0.25, 0.3) is 0 Å². The van der Waals surface area contributed by atoms with Crippen molar-refractivity contribution in [1.82, 2.24) is 30.2 Å². The van der Waals surface area contributed by atoms with Gasteiger partial charge >= 0.3 is 6.09 Å². The first-order chi connectivity index (χ1) is 38.4. The highest BCUT2D eigenvalue weighted by Gasteiger charge is 2.44. The van der Waals surface area contributed by atoms with Gasteiger partial charge < -0.3 is 50.0 Å². The maximum absolute atomic E-state index is 14.8. The number of hydrogen-bond acceptors (Lipinski definition) is 13. The summed E-state index contributed by atoms with van der Waals surface area (Å²) in [5.41, 5.74) is 1.76. The van der Waals surface area contributed by atoms with Crippen molar-refractivity contribution in [3.8, 4) is 0 Å². The van der Waals surface area contributed by atoms with Crippen molar-refractivity contribution in [3.05, 3.63) is 65.7 Å². The van der Waals surface area contributed by atoms with Gasteiger partial charge in [0.1, 0.15) is 6.61 Å². The molecule has 2 fully saturated rings. The molecule has 2 aliphatic rings. The number of nitrogens with zero attached hydrogens (tertiary/aromatic N) is 4. The average Bonchev–Trinajstić information content (AvgIpc) is 4.08. The van der Waals surface area contributed by atoms with Crippen LogP contribution in [0.3, 0.4) is 0 Å². The van der Waals surface area contributed by atoms with Crippen LogP contribution in [0.5, 0.6) is 0 Å². The summed E-state index contributed by atoms with van der Waals surface area (Å²) in [6.07, 6.45) is 0.995. The lowest BCUT2D eigenvalue weighted by Gasteiger charge is -2.41. The minimum atomic E-state index is -0.922. The fraction of sp³-hybridized carbons (Fsp3) is 0.656. The van der Waals surface area contributed by atoms with Gasteiger partial charge in [0.15, 0.2) is 5.78 Å². The number of nitrogens with one attached hydrogen (secondary N) is 3. The van der Waals surface area contributed by atoms with Crippen LogP contribution in [0, 0.1) is 35.5 Å². The number of amides is 8. The number of unbranched alkanes of at least 4 members (excludes halogenated alkanes) is 2. The Morgan fingerprint density at radius 1 is 0.815 bits per heavy atom. The van der Waals surface area contributed by atoms with Gasteiger partial charge in [-0.1, -0.05) is 111 Å². The van der Waals surface area contributed by atoms with E-state index in [-0.39, 0.29) is 104 Å². The Balaban J connectivity index is 1.31. The lowest BCUT2D eigenvalue weighted by Crippen LogP contribution is -2.55. The van der Waals surface area contributed by atoms with Crippen LogP contribution >= 0.6 is 0 Å². The molecule has 2 aromatic carbocycles. The molecule has 4 rings (SSSR count). The molecule has 0 spiro atoms. The highest BCUT2D eigenvalue weighted by molar-refractivity contribution is 6.03. The lowest BCUT2D eigenvalue weighted by molar-refractivity contribution is -0.149. The summed E-state index contributed by atoms with van der Waals surface area (Å²) in [5.74, 6) is -4.59. The van der Waals surface area contributed by atoms with Crippen LogP contribution in [-0.2, 0) is 59.2 Å². The second kappa shape index (κ2) is 32.4. The molecule has 0 aliphatic carbocycles. The summed E-state index contributed by atoms with van der Waals surface area (Å²) in [6.45, 7) is 17.1. The second-order valence-corrected chi connectivity index (χ2v) is 22.9. The molecule has 0 saturated carbocycles. The fourth-order valence-electron chi connectivity index (χ4n) is 11.3. The van der Waals surface area contributed by atoms with E-state index in [1.165, 1.54) is 31.1 Å². The van der Waals surface area contributed by atoms with Crippen molar-refractivity contribution < 1.29 is 62.5 Å². The van der Waals surface area contributed by atoms with Gasteiger partial charge in [-0.05, 0) is 73.6 Å². The number of carbonyl (C=O) groups is 9. The Morgan fingerprint density at radius 3 is 2.06 bits per heavy atom. The zero-order chi connectivity index (χ0) is 60.2. The Morgan fingerprint density at radius 2 is 1.48 bits per heavy atom. The Labute approximate surface area is 480 Å². The van der Waals surface area contributed by atoms with Gasteiger partial charge in [0.2, 0.25) is 41.4 Å². The number of ether oxygens (including phenoxy) is 3. The molecular weight excluding hydrogens is 1040 g/mol. The first-order valence-electron chi connectivity index (χ1n) is 28.9. The number of aliphatic hydroxyl groups excluding tert-OH is 1. The molecule has 2 saturated heterocycles. The molecule has 0 aromatic heterocycles. The Bertz CT molecular complexity index is 2420. The number of anilines is 1. The molecule has 0 bridgehead atoms. The van der Waals surface area contributed by atoms with E-state index < -0.39 is 66.3 Å². The number of aliphatic hydroxyl groups is 1. The molecular formula is C61H93N7O13. The SMILES string of the molecule is CC[C@H](C)[C@@H]([C@@H](CC(=O)N1CCC[C@H]1[C@H](OC)[C@@H](C)C(=O)N[C@H](C)[C@@H](O)c1ccccc1)OC)N(C)C(=O)[C@@H](CC(=O)[C@H](C(C)C)N(C)C(=O)OCc1ccc(NC(=O)CNC(=O)CCCCCN2C(=O)CC(C)C2=O)cc1)C(C)C. The van der Waals surface area contributed by atoms with Gasteiger partial charge in [-0.25, -0.2) is 4.79 Å². The molecule has 20 nitrogen and oxygen atoms in total. The maximum atomic E-state index is 14.8. The number of Topliss-reactive ketones (excluding diaryl/α,β-unsaturated/α-hetero) is 1. The minimum absolute atomic E-state index is 0.0492. The van der Waals surface area contributed by atoms with Crippen LogP contribution in [-0.4, -0.2) is 162 Å². The number of hydrogen-bond donors (Lipinski definition) is 4. The summed E-state index contributed by atoms with van der Waals surface area (Å²) in [7, 11) is 6.24. The number of likely N-dealkylation sites (N-methyl/N-ethyl adjacent to an activating group) is 2. The Kier molecular flexibility index (Phi) is 26.9. The van der Waals surface area contributed by atoms with Crippen LogP contribution in [0.15, 0.2) is 54.6 Å². The molecule has 1 unspecified atom stereocenters. The van der Waals surface area contributed by atoms with E-state index in [0.29, 0.717) is 68.4 Å². The zero-order valence-corrected chi connectivity index (χ0v) is 50.2. The molecule has 2 aromatic rings. The van der Waals surface area contributed by atoms with Crippen LogP contribution in [0.4, 0.5) is 10.5 Å². The number of benzene rings is 2. The normalized spacial score (nSPS) is 18.8. The van der Waals surface area contributed by atoms with E-state index in [1.54, 1.807) is 74.0 Å². The van der Waals surface area contributed by atoms with Gasteiger partial charge in [-0.3, -0.25) is 43.3 Å². The first kappa shape index (κ1) is 67.3. The van der Waals surface area contributed by atoms with E-state index in [0.717, 1.165) is 0 Å². The average molecular weight is 1130 g/mol. The van der Waals surface area contributed by atoms with Crippen molar-refractivity contribution in [1.29, 1.82) is 0 Å². The molecule has 20 heteroatoms. The van der Waals surface area contributed by atoms with Crippen molar-refractivity contribution in [2.45, 2.75) is 176 Å². The monoisotopic (exact) mass is 1130 g/mol. The lowest BCUT2D eigenvalue weighted by atomic mass is 9.83. The molecule has 4 N–H and O–H groups in total. The van der Waals surface area contributed by atoms with Gasteiger partial charge in [-0.2, -0.15) is 0 Å². The number of rotatable bonds is 32. The minimum Gasteiger partial charge on any atom is -0.445 e. The predicted octanol–water partition coefficient (Wildman–Crippen LogP) is 6.68. The topological polar surface area (TPSA) is 251 Å². The third-order valence-corrected chi connectivity index (χ3v) is 16.3. The molecule has 450 valence electrons. The number of likely N-dealkylation sites (tertiary alicyclic amines) is 2. The van der Waals surface area contributed by atoms with Crippen molar-refractivity contribution in [3.63, 3.8) is 0 Å². The first-order valence-corrected chi connectivity index (χ1v) is 28.9.